The number of aryl methyl sites for hydroxylation is 1. The molecular formula is C18H20N2O5. The van der Waals surface area contributed by atoms with E-state index < -0.39 is 11.9 Å². The zero-order chi connectivity index (χ0) is 18.4. The smallest absolute Gasteiger partial charge is 0.303 e. The normalized spacial score (nSPS) is 11.6. The third-order valence-electron chi connectivity index (χ3n) is 3.66. The van der Waals surface area contributed by atoms with Gasteiger partial charge in [-0.25, -0.2) is 0 Å². The summed E-state index contributed by atoms with van der Waals surface area (Å²) in [5.41, 5.74) is 1.69. The van der Waals surface area contributed by atoms with Gasteiger partial charge in [0.15, 0.2) is 5.76 Å². The quantitative estimate of drug-likeness (QED) is 0.715. The Morgan fingerprint density at radius 2 is 1.96 bits per heavy atom. The number of furan rings is 1. The molecule has 0 aliphatic rings. The van der Waals surface area contributed by atoms with Gasteiger partial charge in [-0.1, -0.05) is 6.07 Å². The molecule has 0 fully saturated rings. The van der Waals surface area contributed by atoms with Gasteiger partial charge in [0, 0.05) is 23.7 Å². The molecule has 0 saturated heterocycles. The maximum atomic E-state index is 12.3. The maximum absolute atomic E-state index is 12.3. The van der Waals surface area contributed by atoms with Gasteiger partial charge in [-0.15, -0.1) is 0 Å². The average molecular weight is 344 g/mol. The molecule has 2 amide bonds. The standard InChI is InChI=1S/C18H20N2O5/c1-11-5-7-13(17(23)19-12(2)6-8-16(21)22)10-14(11)20-18(24)15-4-3-9-25-15/h3-5,7,9-10,12H,6,8H2,1-2H3,(H,19,23)(H,20,24)(H,21,22). The number of benzene rings is 1. The zero-order valence-corrected chi connectivity index (χ0v) is 14.0. The van der Waals surface area contributed by atoms with Crippen molar-refractivity contribution in [3.63, 3.8) is 0 Å². The van der Waals surface area contributed by atoms with Crippen molar-refractivity contribution < 1.29 is 23.9 Å². The van der Waals surface area contributed by atoms with Crippen molar-refractivity contribution in [2.75, 3.05) is 5.32 Å². The van der Waals surface area contributed by atoms with Gasteiger partial charge in [-0.2, -0.15) is 0 Å². The molecule has 1 heterocycles. The molecule has 0 spiro atoms. The van der Waals surface area contributed by atoms with E-state index in [9.17, 15) is 14.4 Å². The number of aliphatic carboxylic acids is 1. The molecule has 1 atom stereocenters. The van der Waals surface area contributed by atoms with Crippen LogP contribution in [0.25, 0.3) is 0 Å². The molecule has 7 nitrogen and oxygen atoms in total. The van der Waals surface area contributed by atoms with Crippen molar-refractivity contribution in [2.24, 2.45) is 0 Å². The van der Waals surface area contributed by atoms with E-state index >= 15 is 0 Å². The fourth-order valence-electron chi connectivity index (χ4n) is 2.21. The molecule has 0 saturated carbocycles. The molecule has 1 aromatic carbocycles. The van der Waals surface area contributed by atoms with E-state index in [1.807, 2.05) is 6.92 Å². The van der Waals surface area contributed by atoms with Crippen LogP contribution in [0.15, 0.2) is 41.0 Å². The molecule has 2 aromatic rings. The summed E-state index contributed by atoms with van der Waals surface area (Å²) >= 11 is 0. The van der Waals surface area contributed by atoms with Crippen molar-refractivity contribution in [2.45, 2.75) is 32.7 Å². The molecule has 25 heavy (non-hydrogen) atoms. The van der Waals surface area contributed by atoms with Crippen molar-refractivity contribution in [1.29, 1.82) is 0 Å². The Morgan fingerprint density at radius 1 is 1.20 bits per heavy atom. The van der Waals surface area contributed by atoms with Gasteiger partial charge in [-0.3, -0.25) is 14.4 Å². The first-order valence-electron chi connectivity index (χ1n) is 7.85. The fraction of sp³-hybridized carbons (Fsp3) is 0.278. The second-order valence-corrected chi connectivity index (χ2v) is 5.77. The lowest BCUT2D eigenvalue weighted by molar-refractivity contribution is -0.137. The van der Waals surface area contributed by atoms with Crippen molar-refractivity contribution >= 4 is 23.5 Å². The van der Waals surface area contributed by atoms with Gasteiger partial charge in [-0.05, 0) is 50.1 Å². The van der Waals surface area contributed by atoms with E-state index in [-0.39, 0.29) is 24.1 Å². The second kappa shape index (κ2) is 8.14. The summed E-state index contributed by atoms with van der Waals surface area (Å²) < 4.78 is 5.04. The minimum Gasteiger partial charge on any atom is -0.481 e. The largest absolute Gasteiger partial charge is 0.481 e. The Bertz CT molecular complexity index is 768. The summed E-state index contributed by atoms with van der Waals surface area (Å²) in [7, 11) is 0. The predicted molar refractivity (Wildman–Crippen MR) is 91.6 cm³/mol. The van der Waals surface area contributed by atoms with Crippen LogP contribution < -0.4 is 10.6 Å². The Hall–Kier alpha value is -3.09. The summed E-state index contributed by atoms with van der Waals surface area (Å²) in [6, 6.07) is 7.85. The highest BCUT2D eigenvalue weighted by Crippen LogP contribution is 2.18. The molecule has 0 aliphatic carbocycles. The Kier molecular flexibility index (Phi) is 5.94. The summed E-state index contributed by atoms with van der Waals surface area (Å²) in [5, 5.41) is 14.1. The van der Waals surface area contributed by atoms with Gasteiger partial charge in [0.25, 0.3) is 11.8 Å². The van der Waals surface area contributed by atoms with Crippen LogP contribution in [0, 0.1) is 6.92 Å². The van der Waals surface area contributed by atoms with Crippen LogP contribution >= 0.6 is 0 Å². The SMILES string of the molecule is Cc1ccc(C(=O)NC(C)CCC(=O)O)cc1NC(=O)c1ccco1. The van der Waals surface area contributed by atoms with Gasteiger partial charge in [0.1, 0.15) is 0 Å². The first-order chi connectivity index (χ1) is 11.9. The third kappa shape index (κ3) is 5.20. The van der Waals surface area contributed by atoms with Gasteiger partial charge in [0.05, 0.1) is 6.26 Å². The molecule has 0 aliphatic heterocycles. The topological polar surface area (TPSA) is 109 Å². The van der Waals surface area contributed by atoms with Crippen LogP contribution in [0.3, 0.4) is 0 Å². The number of carboxylic acids is 1. The molecule has 7 heteroatoms. The molecule has 0 bridgehead atoms. The molecule has 132 valence electrons. The maximum Gasteiger partial charge on any atom is 0.303 e. The molecule has 3 N–H and O–H groups in total. The van der Waals surface area contributed by atoms with Gasteiger partial charge in [0.2, 0.25) is 0 Å². The van der Waals surface area contributed by atoms with Crippen LogP contribution in [0.4, 0.5) is 5.69 Å². The summed E-state index contributed by atoms with van der Waals surface area (Å²) in [5.74, 6) is -1.46. The minimum atomic E-state index is -0.903. The monoisotopic (exact) mass is 344 g/mol. The van der Waals surface area contributed by atoms with Crippen molar-refractivity contribution in [3.8, 4) is 0 Å². The van der Waals surface area contributed by atoms with Crippen LogP contribution in [-0.4, -0.2) is 28.9 Å². The van der Waals surface area contributed by atoms with Gasteiger partial charge < -0.3 is 20.2 Å². The predicted octanol–water partition coefficient (Wildman–Crippen LogP) is 2.82. The Morgan fingerprint density at radius 3 is 2.60 bits per heavy atom. The minimum absolute atomic E-state index is 0.0141. The molecule has 0 radical (unpaired) electrons. The number of hydrogen-bond donors (Lipinski definition) is 3. The number of nitrogens with one attached hydrogen (secondary N) is 2. The second-order valence-electron chi connectivity index (χ2n) is 5.77. The lowest BCUT2D eigenvalue weighted by Gasteiger charge is -2.14. The van der Waals surface area contributed by atoms with E-state index in [4.69, 9.17) is 9.52 Å². The summed E-state index contributed by atoms with van der Waals surface area (Å²) in [4.78, 5) is 34.9. The fourth-order valence-corrected chi connectivity index (χ4v) is 2.21. The number of hydrogen-bond acceptors (Lipinski definition) is 4. The first-order valence-corrected chi connectivity index (χ1v) is 7.85. The Labute approximate surface area is 145 Å². The average Bonchev–Trinajstić information content (AvgIpc) is 3.09. The summed E-state index contributed by atoms with van der Waals surface area (Å²) in [6.45, 7) is 3.56. The van der Waals surface area contributed by atoms with E-state index in [2.05, 4.69) is 10.6 Å². The number of anilines is 1. The lowest BCUT2D eigenvalue weighted by atomic mass is 10.1. The number of amides is 2. The van der Waals surface area contributed by atoms with Gasteiger partial charge >= 0.3 is 5.97 Å². The molecule has 2 rings (SSSR count). The Balaban J connectivity index is 2.05. The van der Waals surface area contributed by atoms with E-state index in [0.717, 1.165) is 5.56 Å². The summed E-state index contributed by atoms with van der Waals surface area (Å²) in [6.07, 6.45) is 1.74. The van der Waals surface area contributed by atoms with E-state index in [1.165, 1.54) is 6.26 Å². The number of carbonyl (C=O) groups excluding carboxylic acids is 2. The third-order valence-corrected chi connectivity index (χ3v) is 3.66. The highest BCUT2D eigenvalue weighted by molar-refractivity contribution is 6.03. The number of carbonyl (C=O) groups is 3. The van der Waals surface area contributed by atoms with Crippen LogP contribution in [0.5, 0.6) is 0 Å². The highest BCUT2D eigenvalue weighted by atomic mass is 16.4. The van der Waals surface area contributed by atoms with Crippen LogP contribution in [0.1, 0.15) is 46.2 Å². The lowest BCUT2D eigenvalue weighted by Crippen LogP contribution is -2.33. The van der Waals surface area contributed by atoms with Crippen LogP contribution in [-0.2, 0) is 4.79 Å². The van der Waals surface area contributed by atoms with Crippen molar-refractivity contribution in [1.82, 2.24) is 5.32 Å². The highest BCUT2D eigenvalue weighted by Gasteiger charge is 2.15. The number of rotatable bonds is 7. The first kappa shape index (κ1) is 18.3. The van der Waals surface area contributed by atoms with Crippen molar-refractivity contribution in [3.05, 3.63) is 53.5 Å². The molecular weight excluding hydrogens is 324 g/mol. The molecule has 1 aromatic heterocycles. The van der Waals surface area contributed by atoms with E-state index in [1.54, 1.807) is 37.3 Å². The van der Waals surface area contributed by atoms with E-state index in [0.29, 0.717) is 17.7 Å². The molecule has 1 unspecified atom stereocenters. The zero-order valence-electron chi connectivity index (χ0n) is 14.0. The van der Waals surface area contributed by atoms with Crippen LogP contribution in [0.2, 0.25) is 0 Å². The number of carboxylic acid groups (broad SMARTS) is 1.